The maximum absolute atomic E-state index is 14.9. The van der Waals surface area contributed by atoms with Crippen LogP contribution in [0.4, 0.5) is 18.9 Å². The first kappa shape index (κ1) is 21.2. The highest BCUT2D eigenvalue weighted by atomic mass is 19.3. The highest BCUT2D eigenvalue weighted by molar-refractivity contribution is 5.96. The maximum Gasteiger partial charge on any atom is 0.294 e. The monoisotopic (exact) mass is 432 g/mol. The van der Waals surface area contributed by atoms with E-state index in [-0.39, 0.29) is 29.8 Å². The van der Waals surface area contributed by atoms with Crippen molar-refractivity contribution in [2.45, 2.75) is 26.1 Å². The van der Waals surface area contributed by atoms with Gasteiger partial charge in [-0.2, -0.15) is 0 Å². The number of likely N-dealkylation sites (tertiary alicyclic amines) is 1. The molecule has 1 saturated heterocycles. The molecule has 2 aliphatic rings. The van der Waals surface area contributed by atoms with Crippen molar-refractivity contribution in [1.29, 1.82) is 0 Å². The zero-order valence-corrected chi connectivity index (χ0v) is 17.0. The number of nitrogens with one attached hydrogen (secondary N) is 1. The van der Waals surface area contributed by atoms with E-state index in [1.165, 1.54) is 12.1 Å². The molecule has 0 spiro atoms. The van der Waals surface area contributed by atoms with Gasteiger partial charge in [-0.15, -0.1) is 5.10 Å². The number of anilines is 1. The average Bonchev–Trinajstić information content (AvgIpc) is 3.23. The molecule has 9 heteroatoms. The van der Waals surface area contributed by atoms with Gasteiger partial charge in [0.25, 0.3) is 6.43 Å². The van der Waals surface area contributed by atoms with Crippen molar-refractivity contribution in [2.75, 3.05) is 24.5 Å². The normalized spacial score (nSPS) is 18.9. The van der Waals surface area contributed by atoms with Gasteiger partial charge in [-0.3, -0.25) is 10.2 Å². The van der Waals surface area contributed by atoms with Crippen molar-refractivity contribution in [3.05, 3.63) is 65.5 Å². The van der Waals surface area contributed by atoms with Gasteiger partial charge in [-0.1, -0.05) is 31.2 Å². The van der Waals surface area contributed by atoms with E-state index < -0.39 is 18.5 Å². The summed E-state index contributed by atoms with van der Waals surface area (Å²) in [7, 11) is 0. The number of rotatable bonds is 7. The van der Waals surface area contributed by atoms with Crippen LogP contribution in [0.1, 0.15) is 18.1 Å². The predicted molar refractivity (Wildman–Crippen MR) is 110 cm³/mol. The van der Waals surface area contributed by atoms with E-state index in [2.05, 4.69) is 15.4 Å². The molecule has 2 aromatic rings. The molecular weight excluding hydrogens is 409 g/mol. The zero-order chi connectivity index (χ0) is 22.0. The van der Waals surface area contributed by atoms with Gasteiger partial charge in [0, 0.05) is 29.9 Å². The summed E-state index contributed by atoms with van der Waals surface area (Å²) in [6.45, 7) is 4.37. The van der Waals surface area contributed by atoms with Crippen molar-refractivity contribution in [2.24, 2.45) is 11.0 Å². The summed E-state index contributed by atoms with van der Waals surface area (Å²) >= 11 is 0. The minimum Gasteiger partial charge on any atom is -0.445 e. The third kappa shape index (κ3) is 4.51. The molecule has 4 rings (SSSR count). The summed E-state index contributed by atoms with van der Waals surface area (Å²) < 4.78 is 45.4. The van der Waals surface area contributed by atoms with E-state index in [0.717, 1.165) is 6.54 Å². The zero-order valence-electron chi connectivity index (χ0n) is 17.0. The van der Waals surface area contributed by atoms with E-state index in [9.17, 15) is 18.0 Å². The van der Waals surface area contributed by atoms with E-state index in [0.29, 0.717) is 24.3 Å². The number of hydrogen-bond acceptors (Lipinski definition) is 5. The second-order valence-electron chi connectivity index (χ2n) is 7.53. The van der Waals surface area contributed by atoms with Crippen molar-refractivity contribution in [3.63, 3.8) is 0 Å². The van der Waals surface area contributed by atoms with Crippen LogP contribution in [0, 0.1) is 11.7 Å². The standard InChI is InChI=1S/C22H23F3N4O2/c1-2-28-11-16(12-28)22(30)29(17-6-4-3-5-7-17)13-15-9-8-14(10-18(15)23)20-26-27-21(31-20)19(24)25/h3-10,16,19,21,27H,2,11-13H2,1H3. The number of halogens is 3. The molecule has 0 saturated carbocycles. The van der Waals surface area contributed by atoms with Gasteiger partial charge >= 0.3 is 0 Å². The smallest absolute Gasteiger partial charge is 0.294 e. The van der Waals surface area contributed by atoms with Crippen molar-refractivity contribution >= 4 is 17.5 Å². The molecule has 1 amide bonds. The highest BCUT2D eigenvalue weighted by Crippen LogP contribution is 2.25. The number of amides is 1. The lowest BCUT2D eigenvalue weighted by molar-refractivity contribution is -0.127. The quantitative estimate of drug-likeness (QED) is 0.730. The summed E-state index contributed by atoms with van der Waals surface area (Å²) in [6, 6.07) is 13.4. The lowest BCUT2D eigenvalue weighted by Crippen LogP contribution is -2.54. The molecule has 2 heterocycles. The number of carbonyl (C=O) groups excluding carboxylic acids is 1. The Balaban J connectivity index is 1.52. The number of alkyl halides is 2. The van der Waals surface area contributed by atoms with Gasteiger partial charge in [0.15, 0.2) is 0 Å². The molecule has 31 heavy (non-hydrogen) atoms. The number of para-hydroxylation sites is 1. The van der Waals surface area contributed by atoms with Crippen LogP contribution in [0.3, 0.4) is 0 Å². The molecule has 2 aromatic carbocycles. The Labute approximate surface area is 178 Å². The molecular formula is C22H23F3N4O2. The van der Waals surface area contributed by atoms with Gasteiger partial charge in [-0.25, -0.2) is 13.2 Å². The Hall–Kier alpha value is -3.07. The van der Waals surface area contributed by atoms with Crippen LogP contribution >= 0.6 is 0 Å². The Bertz CT molecular complexity index is 964. The molecule has 2 aliphatic heterocycles. The lowest BCUT2D eigenvalue weighted by atomic mass is 9.97. The van der Waals surface area contributed by atoms with Crippen LogP contribution in [0.5, 0.6) is 0 Å². The maximum atomic E-state index is 14.9. The number of hydrazone groups is 1. The van der Waals surface area contributed by atoms with E-state index in [1.54, 1.807) is 11.0 Å². The van der Waals surface area contributed by atoms with Gasteiger partial charge in [0.05, 0.1) is 12.5 Å². The third-order valence-electron chi connectivity index (χ3n) is 5.48. The van der Waals surface area contributed by atoms with Crippen LogP contribution in [-0.4, -0.2) is 49.0 Å². The molecule has 0 aromatic heterocycles. The first-order valence-electron chi connectivity index (χ1n) is 10.1. The van der Waals surface area contributed by atoms with Crippen molar-refractivity contribution < 1.29 is 22.7 Å². The molecule has 1 atom stereocenters. The van der Waals surface area contributed by atoms with Crippen LogP contribution in [-0.2, 0) is 16.1 Å². The number of ether oxygens (including phenoxy) is 1. The van der Waals surface area contributed by atoms with Crippen LogP contribution in [0.25, 0.3) is 0 Å². The number of hydrogen-bond donors (Lipinski definition) is 1. The van der Waals surface area contributed by atoms with Gasteiger partial charge in [0.2, 0.25) is 18.0 Å². The minimum absolute atomic E-state index is 0.0492. The van der Waals surface area contributed by atoms with E-state index in [1.807, 2.05) is 37.3 Å². The fourth-order valence-electron chi connectivity index (χ4n) is 3.62. The summed E-state index contributed by atoms with van der Waals surface area (Å²) in [5, 5.41) is 3.70. The summed E-state index contributed by atoms with van der Waals surface area (Å²) in [5.41, 5.74) is 3.42. The minimum atomic E-state index is -2.76. The topological polar surface area (TPSA) is 57.2 Å². The first-order chi connectivity index (χ1) is 15.0. The van der Waals surface area contributed by atoms with Crippen molar-refractivity contribution in [1.82, 2.24) is 10.3 Å². The van der Waals surface area contributed by atoms with Gasteiger partial charge in [0.1, 0.15) is 5.82 Å². The Kier molecular flexibility index (Phi) is 6.13. The lowest BCUT2D eigenvalue weighted by Gasteiger charge is -2.40. The SMILES string of the molecule is CCN1CC(C(=O)N(Cc2ccc(C3=NNC(C(F)F)O3)cc2F)c2ccccc2)C1. The number of carbonyl (C=O) groups is 1. The van der Waals surface area contributed by atoms with Crippen LogP contribution < -0.4 is 10.3 Å². The molecule has 0 radical (unpaired) electrons. The summed E-state index contributed by atoms with van der Waals surface area (Å²) in [6.07, 6.45) is -4.31. The molecule has 6 nitrogen and oxygen atoms in total. The summed E-state index contributed by atoms with van der Waals surface area (Å²) in [5.74, 6) is -0.837. The van der Waals surface area contributed by atoms with E-state index in [4.69, 9.17) is 4.74 Å². The fourth-order valence-corrected chi connectivity index (χ4v) is 3.62. The second-order valence-corrected chi connectivity index (χ2v) is 7.53. The predicted octanol–water partition coefficient (Wildman–Crippen LogP) is 3.18. The van der Waals surface area contributed by atoms with Crippen molar-refractivity contribution in [3.8, 4) is 0 Å². The average molecular weight is 432 g/mol. The molecule has 164 valence electrons. The Morgan fingerprint density at radius 1 is 1.26 bits per heavy atom. The van der Waals surface area contributed by atoms with Gasteiger partial charge < -0.3 is 14.5 Å². The largest absolute Gasteiger partial charge is 0.445 e. The van der Waals surface area contributed by atoms with Crippen LogP contribution in [0.15, 0.2) is 53.6 Å². The fraction of sp³-hybridized carbons (Fsp3) is 0.364. The molecule has 1 unspecified atom stereocenters. The number of benzene rings is 2. The Morgan fingerprint density at radius 2 is 2.00 bits per heavy atom. The van der Waals surface area contributed by atoms with E-state index >= 15 is 0 Å². The van der Waals surface area contributed by atoms with Crippen LogP contribution in [0.2, 0.25) is 0 Å². The molecule has 1 N–H and O–H groups in total. The Morgan fingerprint density at radius 3 is 2.61 bits per heavy atom. The highest BCUT2D eigenvalue weighted by Gasteiger charge is 2.35. The first-order valence-corrected chi connectivity index (χ1v) is 10.1. The molecule has 1 fully saturated rings. The molecule has 0 bridgehead atoms. The number of nitrogens with zero attached hydrogens (tertiary/aromatic N) is 3. The van der Waals surface area contributed by atoms with Gasteiger partial charge in [-0.05, 0) is 30.8 Å². The molecule has 0 aliphatic carbocycles. The third-order valence-corrected chi connectivity index (χ3v) is 5.48. The summed E-state index contributed by atoms with van der Waals surface area (Å²) in [4.78, 5) is 16.9. The second kappa shape index (κ2) is 8.97.